The summed E-state index contributed by atoms with van der Waals surface area (Å²) in [5, 5.41) is -0.283. The van der Waals surface area contributed by atoms with E-state index in [1.54, 1.807) is 6.07 Å². The zero-order valence-electron chi connectivity index (χ0n) is 11.8. The summed E-state index contributed by atoms with van der Waals surface area (Å²) >= 11 is 9.06. The predicted octanol–water partition coefficient (Wildman–Crippen LogP) is 6.15. The molecule has 0 heterocycles. The van der Waals surface area contributed by atoms with E-state index in [0.717, 1.165) is 16.1 Å². The van der Waals surface area contributed by atoms with E-state index in [9.17, 15) is 13.2 Å². The third kappa shape index (κ3) is 4.17. The summed E-state index contributed by atoms with van der Waals surface area (Å²) < 4.78 is 39.8. The molecule has 0 radical (unpaired) electrons. The fraction of sp³-hybridized carbons (Fsp3) is 0.250. The molecule has 0 aliphatic carbocycles. The van der Waals surface area contributed by atoms with Crippen LogP contribution in [0.2, 0.25) is 5.02 Å². The van der Waals surface area contributed by atoms with Gasteiger partial charge in [0.15, 0.2) is 0 Å². The second-order valence-electron chi connectivity index (χ2n) is 4.81. The van der Waals surface area contributed by atoms with Gasteiger partial charge >= 0.3 is 6.18 Å². The van der Waals surface area contributed by atoms with Crippen LogP contribution in [0.25, 0.3) is 0 Å². The molecule has 2 aromatic rings. The highest BCUT2D eigenvalue weighted by Gasteiger charge is 2.33. The second kappa shape index (κ2) is 6.92. The number of halogens is 5. The Kier molecular flexibility index (Phi) is 5.40. The van der Waals surface area contributed by atoms with Gasteiger partial charge in [-0.25, -0.2) is 0 Å². The molecule has 0 aliphatic rings. The second-order valence-corrected chi connectivity index (χ2v) is 6.13. The van der Waals surface area contributed by atoms with Crippen LogP contribution in [0.3, 0.4) is 0 Å². The lowest BCUT2D eigenvalue weighted by atomic mass is 10.1. The summed E-state index contributed by atoms with van der Waals surface area (Å²) in [4.78, 5) is 1.87. The number of nitrogens with zero attached hydrogens (tertiary/aromatic N) is 1. The number of hydrogen-bond donors (Lipinski definition) is 0. The number of benzene rings is 2. The molecular formula is C16H14BrClF3N. The highest BCUT2D eigenvalue weighted by molar-refractivity contribution is 9.10. The molecule has 0 amide bonds. The first-order valence-electron chi connectivity index (χ1n) is 6.67. The lowest BCUT2D eigenvalue weighted by Crippen LogP contribution is -2.22. The molecule has 0 atom stereocenters. The standard InChI is InChI=1S/C16H14BrClF3N/c1-2-22(10-11-4-3-5-12(17)8-11)13-6-7-15(18)14(9-13)16(19,20)21/h3-9H,2,10H2,1H3. The fourth-order valence-corrected chi connectivity index (χ4v) is 2.84. The van der Waals surface area contributed by atoms with E-state index in [-0.39, 0.29) is 5.02 Å². The molecule has 1 nitrogen and oxygen atoms in total. The molecule has 22 heavy (non-hydrogen) atoms. The van der Waals surface area contributed by atoms with Crippen LogP contribution in [-0.4, -0.2) is 6.54 Å². The van der Waals surface area contributed by atoms with E-state index >= 15 is 0 Å². The fourth-order valence-electron chi connectivity index (χ4n) is 2.17. The Morgan fingerprint density at radius 1 is 1.14 bits per heavy atom. The molecule has 0 unspecified atom stereocenters. The van der Waals surface area contributed by atoms with Crippen LogP contribution < -0.4 is 4.90 Å². The third-order valence-electron chi connectivity index (χ3n) is 3.26. The number of anilines is 1. The van der Waals surface area contributed by atoms with Crippen molar-refractivity contribution in [2.45, 2.75) is 19.6 Å². The smallest absolute Gasteiger partial charge is 0.367 e. The topological polar surface area (TPSA) is 3.24 Å². The quantitative estimate of drug-likeness (QED) is 0.603. The summed E-state index contributed by atoms with van der Waals surface area (Å²) in [7, 11) is 0. The van der Waals surface area contributed by atoms with Gasteiger partial charge in [-0.15, -0.1) is 0 Å². The average molecular weight is 393 g/mol. The maximum atomic E-state index is 13.0. The van der Waals surface area contributed by atoms with E-state index in [2.05, 4.69) is 15.9 Å². The van der Waals surface area contributed by atoms with Crippen molar-refractivity contribution in [3.8, 4) is 0 Å². The molecule has 0 aromatic heterocycles. The molecule has 0 N–H and O–H groups in total. The van der Waals surface area contributed by atoms with Gasteiger partial charge in [0.1, 0.15) is 0 Å². The first-order valence-corrected chi connectivity index (χ1v) is 7.84. The molecule has 0 saturated heterocycles. The lowest BCUT2D eigenvalue weighted by Gasteiger charge is -2.24. The minimum absolute atomic E-state index is 0.283. The normalized spacial score (nSPS) is 11.5. The summed E-state index contributed by atoms with van der Waals surface area (Å²) in [6.07, 6.45) is -4.46. The van der Waals surface area contributed by atoms with Gasteiger partial charge in [-0.05, 0) is 42.8 Å². The summed E-state index contributed by atoms with van der Waals surface area (Å²) in [5.74, 6) is 0. The van der Waals surface area contributed by atoms with Crippen molar-refractivity contribution in [3.63, 3.8) is 0 Å². The van der Waals surface area contributed by atoms with Crippen molar-refractivity contribution in [3.05, 3.63) is 63.1 Å². The molecule has 0 saturated carbocycles. The average Bonchev–Trinajstić information content (AvgIpc) is 2.44. The van der Waals surface area contributed by atoms with Crippen LogP contribution in [0.15, 0.2) is 46.9 Å². The molecule has 0 fully saturated rings. The van der Waals surface area contributed by atoms with Crippen molar-refractivity contribution in [1.29, 1.82) is 0 Å². The van der Waals surface area contributed by atoms with Crippen LogP contribution in [0.1, 0.15) is 18.1 Å². The Morgan fingerprint density at radius 3 is 2.45 bits per heavy atom. The molecule has 6 heteroatoms. The third-order valence-corrected chi connectivity index (χ3v) is 4.09. The number of rotatable bonds is 4. The van der Waals surface area contributed by atoms with E-state index in [1.807, 2.05) is 36.1 Å². The maximum Gasteiger partial charge on any atom is 0.417 e. The Morgan fingerprint density at radius 2 is 1.86 bits per heavy atom. The van der Waals surface area contributed by atoms with E-state index in [1.165, 1.54) is 6.07 Å². The molecule has 118 valence electrons. The molecule has 0 bridgehead atoms. The van der Waals surface area contributed by atoms with Gasteiger partial charge in [-0.3, -0.25) is 0 Å². The zero-order valence-corrected chi connectivity index (χ0v) is 14.1. The number of hydrogen-bond acceptors (Lipinski definition) is 1. The first-order chi connectivity index (χ1) is 10.3. The van der Waals surface area contributed by atoms with Crippen LogP contribution >= 0.6 is 27.5 Å². The van der Waals surface area contributed by atoms with Gasteiger partial charge in [-0.2, -0.15) is 13.2 Å². The summed E-state index contributed by atoms with van der Waals surface area (Å²) in [6, 6.07) is 11.7. The monoisotopic (exact) mass is 391 g/mol. The zero-order chi connectivity index (χ0) is 16.3. The molecule has 0 spiro atoms. The van der Waals surface area contributed by atoms with Crippen LogP contribution in [0.4, 0.5) is 18.9 Å². The van der Waals surface area contributed by atoms with Crippen LogP contribution in [0.5, 0.6) is 0 Å². The SMILES string of the molecule is CCN(Cc1cccc(Br)c1)c1ccc(Cl)c(C(F)(F)F)c1. The Hall–Kier alpha value is -1.20. The van der Waals surface area contributed by atoms with E-state index in [4.69, 9.17) is 11.6 Å². The molecule has 2 aromatic carbocycles. The highest BCUT2D eigenvalue weighted by Crippen LogP contribution is 2.37. The van der Waals surface area contributed by atoms with E-state index in [0.29, 0.717) is 18.8 Å². The van der Waals surface area contributed by atoms with Crippen LogP contribution in [0, 0.1) is 0 Å². The van der Waals surface area contributed by atoms with Gasteiger partial charge in [0.2, 0.25) is 0 Å². The first kappa shape index (κ1) is 17.2. The summed E-state index contributed by atoms with van der Waals surface area (Å²) in [5.41, 5.74) is 0.707. The van der Waals surface area contributed by atoms with Crippen molar-refractivity contribution < 1.29 is 13.2 Å². The predicted molar refractivity (Wildman–Crippen MR) is 87.3 cm³/mol. The minimum atomic E-state index is -4.46. The Bertz CT molecular complexity index is 658. The van der Waals surface area contributed by atoms with Crippen molar-refractivity contribution in [2.24, 2.45) is 0 Å². The minimum Gasteiger partial charge on any atom is -0.367 e. The Balaban J connectivity index is 2.32. The summed E-state index contributed by atoms with van der Waals surface area (Å²) in [6.45, 7) is 3.01. The van der Waals surface area contributed by atoms with Gasteiger partial charge in [0.05, 0.1) is 10.6 Å². The van der Waals surface area contributed by atoms with Crippen LogP contribution in [-0.2, 0) is 12.7 Å². The van der Waals surface area contributed by atoms with Gasteiger partial charge < -0.3 is 4.90 Å². The van der Waals surface area contributed by atoms with Crippen molar-refractivity contribution >= 4 is 33.2 Å². The van der Waals surface area contributed by atoms with Gasteiger partial charge in [0.25, 0.3) is 0 Å². The largest absolute Gasteiger partial charge is 0.417 e. The highest BCUT2D eigenvalue weighted by atomic mass is 79.9. The lowest BCUT2D eigenvalue weighted by molar-refractivity contribution is -0.137. The molecular weight excluding hydrogens is 379 g/mol. The van der Waals surface area contributed by atoms with Crippen molar-refractivity contribution in [2.75, 3.05) is 11.4 Å². The van der Waals surface area contributed by atoms with Gasteiger partial charge in [-0.1, -0.05) is 39.7 Å². The maximum absolute atomic E-state index is 13.0. The van der Waals surface area contributed by atoms with E-state index < -0.39 is 11.7 Å². The number of alkyl halides is 3. The molecule has 0 aliphatic heterocycles. The van der Waals surface area contributed by atoms with Gasteiger partial charge in [0, 0.05) is 23.2 Å². The van der Waals surface area contributed by atoms with Crippen molar-refractivity contribution in [1.82, 2.24) is 0 Å². The molecule has 2 rings (SSSR count). The Labute approximate surface area is 140 Å².